The zero-order chi connectivity index (χ0) is 19.5. The molecule has 7 atom stereocenters. The third-order valence-corrected chi connectivity index (χ3v) is 5.80. The normalized spacial score (nSPS) is 37.8. The number of ether oxygens (including phenoxy) is 3. The molecule has 0 amide bonds. The molecule has 0 spiro atoms. The van der Waals surface area contributed by atoms with E-state index in [-0.39, 0.29) is 13.2 Å². The van der Waals surface area contributed by atoms with E-state index < -0.39 is 50.0 Å². The van der Waals surface area contributed by atoms with Crippen LogP contribution in [0.3, 0.4) is 0 Å². The lowest BCUT2D eigenvalue weighted by Gasteiger charge is -2.29. The third-order valence-electron chi connectivity index (χ3n) is 4.32. The fraction of sp³-hybridized carbons (Fsp3) is 1.00. The molecule has 2 heterocycles. The van der Waals surface area contributed by atoms with E-state index in [2.05, 4.69) is 0 Å². The minimum atomic E-state index is -4.00. The summed E-state index contributed by atoms with van der Waals surface area (Å²) in [5.74, 6) is 0. The SMILES string of the molecule is COP(=O)(OC1[C@@H](COC(C)(C)C)O[C@@H](C)[C@H]1O)O[C@@H]1CCO[C@@H]1CO. The Morgan fingerprint density at radius 3 is 2.50 bits per heavy atom. The lowest BCUT2D eigenvalue weighted by molar-refractivity contribution is -0.0882. The molecule has 2 rings (SSSR count). The Bertz CT molecular complexity index is 495. The summed E-state index contributed by atoms with van der Waals surface area (Å²) in [5, 5.41) is 19.7. The standard InChI is InChI=1S/C16H31O9P/c1-10-14(18)15(13(23-10)9-22-16(2,3)4)25-26(19,20-5)24-11-6-7-21-12(11)8-17/h10-15,17-18H,6-9H2,1-5H3/t10-,11+,12+,13+,14+,15?,26?/m0/s1. The second kappa shape index (κ2) is 8.94. The van der Waals surface area contributed by atoms with Gasteiger partial charge in [0.2, 0.25) is 0 Å². The second-order valence-electron chi connectivity index (χ2n) is 7.52. The molecule has 9 nitrogen and oxygen atoms in total. The predicted octanol–water partition coefficient (Wildman–Crippen LogP) is 1.26. The van der Waals surface area contributed by atoms with Crippen LogP contribution in [-0.4, -0.2) is 79.4 Å². The van der Waals surface area contributed by atoms with Gasteiger partial charge in [0.05, 0.1) is 24.9 Å². The van der Waals surface area contributed by atoms with Gasteiger partial charge in [-0.1, -0.05) is 0 Å². The van der Waals surface area contributed by atoms with Crippen molar-refractivity contribution in [2.75, 3.05) is 26.9 Å². The second-order valence-corrected chi connectivity index (χ2v) is 9.20. The molecule has 2 unspecified atom stereocenters. The van der Waals surface area contributed by atoms with Crippen LogP contribution in [0, 0.1) is 0 Å². The van der Waals surface area contributed by atoms with Gasteiger partial charge >= 0.3 is 7.82 Å². The summed E-state index contributed by atoms with van der Waals surface area (Å²) in [4.78, 5) is 0. The maximum Gasteiger partial charge on any atom is 0.475 e. The number of aliphatic hydroxyl groups excluding tert-OH is 2. The van der Waals surface area contributed by atoms with Gasteiger partial charge < -0.3 is 24.4 Å². The summed E-state index contributed by atoms with van der Waals surface area (Å²) in [6.07, 6.45) is -3.84. The predicted molar refractivity (Wildman–Crippen MR) is 91.9 cm³/mol. The molecule has 2 aliphatic rings. The van der Waals surface area contributed by atoms with Crippen LogP contribution >= 0.6 is 7.82 Å². The first-order valence-electron chi connectivity index (χ1n) is 8.81. The van der Waals surface area contributed by atoms with Crippen molar-refractivity contribution in [3.8, 4) is 0 Å². The highest BCUT2D eigenvalue weighted by atomic mass is 31.2. The molecular formula is C16H31O9P. The van der Waals surface area contributed by atoms with E-state index in [1.54, 1.807) is 6.92 Å². The van der Waals surface area contributed by atoms with Crippen LogP contribution in [0.15, 0.2) is 0 Å². The van der Waals surface area contributed by atoms with Gasteiger partial charge in [0, 0.05) is 20.1 Å². The Kier molecular flexibility index (Phi) is 7.63. The smallest absolute Gasteiger partial charge is 0.394 e. The Labute approximate surface area is 154 Å². The van der Waals surface area contributed by atoms with Crippen LogP contribution in [-0.2, 0) is 32.3 Å². The number of rotatable bonds is 8. The van der Waals surface area contributed by atoms with E-state index in [0.717, 1.165) is 0 Å². The van der Waals surface area contributed by atoms with E-state index in [0.29, 0.717) is 13.0 Å². The minimum absolute atomic E-state index is 0.158. The molecule has 10 heteroatoms. The molecule has 2 N–H and O–H groups in total. The molecule has 2 aliphatic heterocycles. The lowest BCUT2D eigenvalue weighted by atomic mass is 10.1. The van der Waals surface area contributed by atoms with Gasteiger partial charge in [0.15, 0.2) is 0 Å². The fourth-order valence-corrected chi connectivity index (χ4v) is 4.22. The average Bonchev–Trinajstić information content (AvgIpc) is 3.11. The first-order valence-corrected chi connectivity index (χ1v) is 10.3. The molecule has 154 valence electrons. The summed E-state index contributed by atoms with van der Waals surface area (Å²) in [5.41, 5.74) is -0.401. The molecule has 2 fully saturated rings. The molecule has 0 bridgehead atoms. The molecule has 26 heavy (non-hydrogen) atoms. The molecule has 2 saturated heterocycles. The van der Waals surface area contributed by atoms with Gasteiger partial charge in [-0.05, 0) is 27.7 Å². The number of phosphoric acid groups is 1. The van der Waals surface area contributed by atoms with Gasteiger partial charge in [-0.3, -0.25) is 13.6 Å². The summed E-state index contributed by atoms with van der Waals surface area (Å²) in [6, 6.07) is 0. The maximum absolute atomic E-state index is 12.9. The summed E-state index contributed by atoms with van der Waals surface area (Å²) in [7, 11) is -2.80. The van der Waals surface area contributed by atoms with E-state index >= 15 is 0 Å². The zero-order valence-corrected chi connectivity index (χ0v) is 16.9. The molecule has 0 aromatic carbocycles. The molecule has 0 radical (unpaired) electrons. The van der Waals surface area contributed by atoms with Crippen molar-refractivity contribution in [2.24, 2.45) is 0 Å². The highest BCUT2D eigenvalue weighted by Crippen LogP contribution is 2.54. The van der Waals surface area contributed by atoms with Crippen LogP contribution in [0.5, 0.6) is 0 Å². The van der Waals surface area contributed by atoms with Gasteiger partial charge in [-0.2, -0.15) is 0 Å². The first-order chi connectivity index (χ1) is 12.1. The van der Waals surface area contributed by atoms with Crippen molar-refractivity contribution < 1.29 is 42.6 Å². The van der Waals surface area contributed by atoms with E-state index in [1.165, 1.54) is 7.11 Å². The molecule has 0 aromatic rings. The number of aliphatic hydroxyl groups is 2. The van der Waals surface area contributed by atoms with Gasteiger partial charge in [-0.15, -0.1) is 0 Å². The number of hydrogen-bond donors (Lipinski definition) is 2. The molecule has 0 aliphatic carbocycles. The first kappa shape index (κ1) is 22.2. The van der Waals surface area contributed by atoms with Crippen molar-refractivity contribution in [2.45, 2.75) is 76.3 Å². The van der Waals surface area contributed by atoms with Gasteiger partial charge in [0.25, 0.3) is 0 Å². The van der Waals surface area contributed by atoms with Crippen LogP contribution in [0.4, 0.5) is 0 Å². The largest absolute Gasteiger partial charge is 0.475 e. The van der Waals surface area contributed by atoms with Crippen LogP contribution in [0.2, 0.25) is 0 Å². The Balaban J connectivity index is 2.06. The molecule has 0 saturated carbocycles. The van der Waals surface area contributed by atoms with E-state index in [4.69, 9.17) is 27.8 Å². The third kappa shape index (κ3) is 5.70. The van der Waals surface area contributed by atoms with Crippen molar-refractivity contribution in [1.29, 1.82) is 0 Å². The number of hydrogen-bond acceptors (Lipinski definition) is 9. The fourth-order valence-electron chi connectivity index (χ4n) is 2.86. The van der Waals surface area contributed by atoms with Crippen LogP contribution in [0.1, 0.15) is 34.1 Å². The summed E-state index contributed by atoms with van der Waals surface area (Å²) in [6.45, 7) is 7.67. The minimum Gasteiger partial charge on any atom is -0.394 e. The highest BCUT2D eigenvalue weighted by Gasteiger charge is 2.48. The molecule has 0 aromatic heterocycles. The topological polar surface area (TPSA) is 113 Å². The van der Waals surface area contributed by atoms with Gasteiger partial charge in [-0.25, -0.2) is 4.57 Å². The highest BCUT2D eigenvalue weighted by molar-refractivity contribution is 7.48. The van der Waals surface area contributed by atoms with Crippen LogP contribution in [0.25, 0.3) is 0 Å². The van der Waals surface area contributed by atoms with E-state index in [9.17, 15) is 14.8 Å². The van der Waals surface area contributed by atoms with Crippen molar-refractivity contribution >= 4 is 7.82 Å². The summed E-state index contributed by atoms with van der Waals surface area (Å²) >= 11 is 0. The summed E-state index contributed by atoms with van der Waals surface area (Å²) < 4.78 is 45.7. The van der Waals surface area contributed by atoms with E-state index in [1.807, 2.05) is 20.8 Å². The van der Waals surface area contributed by atoms with Crippen LogP contribution < -0.4 is 0 Å². The molecular weight excluding hydrogens is 367 g/mol. The number of phosphoric ester groups is 1. The van der Waals surface area contributed by atoms with Crippen molar-refractivity contribution in [3.63, 3.8) is 0 Å². The van der Waals surface area contributed by atoms with Gasteiger partial charge in [0.1, 0.15) is 30.5 Å². The monoisotopic (exact) mass is 398 g/mol. The Morgan fingerprint density at radius 1 is 1.23 bits per heavy atom. The maximum atomic E-state index is 12.9. The Hall–Kier alpha value is -0.0900. The average molecular weight is 398 g/mol. The van der Waals surface area contributed by atoms with Crippen molar-refractivity contribution in [1.82, 2.24) is 0 Å². The quantitative estimate of drug-likeness (QED) is 0.583. The van der Waals surface area contributed by atoms with Crippen molar-refractivity contribution in [3.05, 3.63) is 0 Å². The zero-order valence-electron chi connectivity index (χ0n) is 16.0. The lowest BCUT2D eigenvalue weighted by Crippen LogP contribution is -2.38. The Morgan fingerprint density at radius 2 is 1.92 bits per heavy atom.